The predicted octanol–water partition coefficient (Wildman–Crippen LogP) is 6.29. The van der Waals surface area contributed by atoms with Crippen molar-refractivity contribution >= 4 is 21.9 Å². The molecule has 240 valence electrons. The number of nitrogens with zero attached hydrogens (tertiary/aromatic N) is 5. The molecule has 4 aromatic rings. The second-order valence-electron chi connectivity index (χ2n) is 12.7. The van der Waals surface area contributed by atoms with Gasteiger partial charge in [-0.3, -0.25) is 4.79 Å². The zero-order chi connectivity index (χ0) is 32.4. The van der Waals surface area contributed by atoms with E-state index in [9.17, 15) is 13.2 Å². The quantitative estimate of drug-likeness (QED) is 0.250. The Morgan fingerprint density at radius 1 is 0.978 bits per heavy atom. The van der Waals surface area contributed by atoms with Crippen LogP contribution in [-0.2, 0) is 23.0 Å². The first-order chi connectivity index (χ1) is 22.1. The minimum atomic E-state index is -4.11. The number of fused-ring (bicyclic) bond motifs is 4. The number of ether oxygens (including phenoxy) is 1. The fourth-order valence-electron chi connectivity index (χ4n) is 6.10. The van der Waals surface area contributed by atoms with Gasteiger partial charge in [0.25, 0.3) is 15.9 Å². The average molecular weight is 641 g/mol. The van der Waals surface area contributed by atoms with Crippen molar-refractivity contribution in [2.75, 3.05) is 4.72 Å². The van der Waals surface area contributed by atoms with Gasteiger partial charge in [-0.15, -0.1) is 0 Å². The molecule has 10 nitrogen and oxygen atoms in total. The van der Waals surface area contributed by atoms with Gasteiger partial charge in [0, 0.05) is 22.9 Å². The number of nitrogens with one attached hydrogen (secondary N) is 1. The van der Waals surface area contributed by atoms with Crippen LogP contribution in [0.5, 0.6) is 5.75 Å². The van der Waals surface area contributed by atoms with Gasteiger partial charge in [0.2, 0.25) is 5.95 Å². The first-order valence-corrected chi connectivity index (χ1v) is 17.4. The van der Waals surface area contributed by atoms with Gasteiger partial charge in [-0.2, -0.15) is 0 Å². The fraction of sp³-hybridized carbons (Fsp3) is 0.400. The maximum atomic E-state index is 14.3. The molecule has 0 spiro atoms. The summed E-state index contributed by atoms with van der Waals surface area (Å²) in [6.45, 7) is 8.45. The zero-order valence-corrected chi connectivity index (χ0v) is 27.5. The molecular weight excluding hydrogens is 600 g/mol. The number of sulfonamides is 1. The van der Waals surface area contributed by atoms with Gasteiger partial charge in [-0.1, -0.05) is 38.1 Å². The van der Waals surface area contributed by atoms with Gasteiger partial charge in [-0.25, -0.2) is 33.1 Å². The van der Waals surface area contributed by atoms with Crippen molar-refractivity contribution in [3.05, 3.63) is 89.1 Å². The molecule has 1 saturated carbocycles. The summed E-state index contributed by atoms with van der Waals surface area (Å²) in [5, 5.41) is 0. The smallest absolute Gasteiger partial charge is 0.264 e. The number of benzene rings is 2. The van der Waals surface area contributed by atoms with Gasteiger partial charge >= 0.3 is 0 Å². The summed E-state index contributed by atoms with van der Waals surface area (Å²) in [5.74, 6) is 1.11. The molecule has 2 aromatic heterocycles. The van der Waals surface area contributed by atoms with Crippen LogP contribution in [0.15, 0.2) is 65.8 Å². The van der Waals surface area contributed by atoms with E-state index in [1.165, 1.54) is 18.6 Å². The van der Waals surface area contributed by atoms with E-state index in [0.717, 1.165) is 36.0 Å². The molecule has 3 heterocycles. The van der Waals surface area contributed by atoms with E-state index in [4.69, 9.17) is 4.74 Å². The van der Waals surface area contributed by atoms with Gasteiger partial charge in [0.1, 0.15) is 5.82 Å². The number of hydrogen-bond acceptors (Lipinski definition) is 8. The Hall–Kier alpha value is -4.38. The van der Waals surface area contributed by atoms with Crippen molar-refractivity contribution in [3.63, 3.8) is 0 Å². The Bertz CT molecular complexity index is 1820. The molecule has 0 unspecified atom stereocenters. The van der Waals surface area contributed by atoms with Crippen LogP contribution in [0.3, 0.4) is 0 Å². The van der Waals surface area contributed by atoms with E-state index < -0.39 is 10.0 Å². The fourth-order valence-corrected chi connectivity index (χ4v) is 7.09. The van der Waals surface area contributed by atoms with Crippen molar-refractivity contribution in [2.45, 2.75) is 89.8 Å². The third-order valence-electron chi connectivity index (χ3n) is 8.66. The molecule has 1 aliphatic carbocycles. The summed E-state index contributed by atoms with van der Waals surface area (Å²) in [6, 6.07) is 13.8. The predicted molar refractivity (Wildman–Crippen MR) is 176 cm³/mol. The van der Waals surface area contributed by atoms with E-state index >= 15 is 0 Å². The molecule has 1 N–H and O–H groups in total. The minimum absolute atomic E-state index is 0.000930. The molecule has 2 aromatic carbocycles. The average Bonchev–Trinajstić information content (AvgIpc) is 2.99. The molecule has 0 saturated heterocycles. The van der Waals surface area contributed by atoms with E-state index in [1.54, 1.807) is 29.4 Å². The number of aryl methyl sites for hydroxylation is 3. The first kappa shape index (κ1) is 31.6. The number of carbonyl (C=O) groups is 1. The van der Waals surface area contributed by atoms with Gasteiger partial charge in [-0.05, 0) is 93.7 Å². The van der Waals surface area contributed by atoms with E-state index in [0.29, 0.717) is 35.8 Å². The molecule has 1 aliphatic heterocycles. The highest BCUT2D eigenvalue weighted by molar-refractivity contribution is 7.92. The number of amides is 1. The van der Waals surface area contributed by atoms with Crippen molar-refractivity contribution in [1.29, 1.82) is 0 Å². The number of aromatic nitrogens is 4. The second-order valence-corrected chi connectivity index (χ2v) is 14.4. The van der Waals surface area contributed by atoms with Crippen molar-refractivity contribution in [2.24, 2.45) is 5.92 Å². The SMILES string of the molecule is Cc1cccc(C)c1-c1cc2nc(n1)NS(=O)(=O)c1cccc(c1)C(=O)N(Cc1ncc(OC3CCC3)cn1)[C@H](CC(C)C)CC2. The minimum Gasteiger partial charge on any atom is -0.487 e. The normalized spacial score (nSPS) is 18.2. The lowest BCUT2D eigenvalue weighted by Crippen LogP contribution is -2.41. The van der Waals surface area contributed by atoms with E-state index in [1.807, 2.05) is 38.1 Å². The van der Waals surface area contributed by atoms with Crippen molar-refractivity contribution in [3.8, 4) is 17.0 Å². The van der Waals surface area contributed by atoms with Crippen molar-refractivity contribution in [1.82, 2.24) is 24.8 Å². The van der Waals surface area contributed by atoms with Crippen LogP contribution >= 0.6 is 0 Å². The Balaban J connectivity index is 1.42. The number of rotatable bonds is 7. The van der Waals surface area contributed by atoms with Crippen LogP contribution in [0.2, 0.25) is 0 Å². The first-order valence-electron chi connectivity index (χ1n) is 15.9. The number of anilines is 1. The van der Waals surface area contributed by atoms with Crippen LogP contribution in [0, 0.1) is 19.8 Å². The summed E-state index contributed by atoms with van der Waals surface area (Å²) < 4.78 is 35.8. The monoisotopic (exact) mass is 640 g/mol. The highest BCUT2D eigenvalue weighted by Crippen LogP contribution is 2.30. The van der Waals surface area contributed by atoms with Crippen LogP contribution in [0.25, 0.3) is 11.3 Å². The van der Waals surface area contributed by atoms with E-state index in [2.05, 4.69) is 38.5 Å². The Labute approximate surface area is 270 Å². The molecule has 1 amide bonds. The largest absolute Gasteiger partial charge is 0.487 e. The molecule has 1 atom stereocenters. The molecular formula is C35H40N6O4S. The highest BCUT2D eigenvalue weighted by Gasteiger charge is 2.29. The molecule has 46 heavy (non-hydrogen) atoms. The summed E-state index contributed by atoms with van der Waals surface area (Å²) in [4.78, 5) is 34.5. The van der Waals surface area contributed by atoms with Gasteiger partial charge in [0.15, 0.2) is 5.75 Å². The second kappa shape index (κ2) is 13.2. The van der Waals surface area contributed by atoms with Gasteiger partial charge < -0.3 is 9.64 Å². The maximum Gasteiger partial charge on any atom is 0.264 e. The number of carbonyl (C=O) groups excluding carboxylic acids is 1. The Morgan fingerprint density at radius 2 is 1.70 bits per heavy atom. The molecule has 11 heteroatoms. The summed E-state index contributed by atoms with van der Waals surface area (Å²) >= 11 is 0. The van der Waals surface area contributed by atoms with Crippen LogP contribution in [0.4, 0.5) is 5.95 Å². The Morgan fingerprint density at radius 3 is 2.37 bits per heavy atom. The lowest BCUT2D eigenvalue weighted by atomic mass is 9.95. The van der Waals surface area contributed by atoms with Crippen molar-refractivity contribution < 1.29 is 17.9 Å². The van der Waals surface area contributed by atoms with Crippen LogP contribution in [0.1, 0.15) is 79.0 Å². The standard InChI is InChI=1S/C35H40N6O4S/c1-22(2)16-27-15-14-26-18-31(33-23(3)8-5-9-24(33)4)39-35(38-26)40-46(43,44)30-13-6-10-25(17-30)34(42)41(27)21-32-36-19-29(20-37-32)45-28-11-7-12-28/h5-6,8-10,13,17-20,22,27-28H,7,11-12,14-16,21H2,1-4H3,(H,38,39,40)/t27-/m0/s1. The molecule has 1 fully saturated rings. The maximum absolute atomic E-state index is 14.3. The summed E-state index contributed by atoms with van der Waals surface area (Å²) in [7, 11) is -4.11. The van der Waals surface area contributed by atoms with Crippen LogP contribution in [-0.4, -0.2) is 51.3 Å². The summed E-state index contributed by atoms with van der Waals surface area (Å²) in [5.41, 5.74) is 4.60. The molecule has 6 rings (SSSR count). The topological polar surface area (TPSA) is 127 Å². The zero-order valence-electron chi connectivity index (χ0n) is 26.7. The molecule has 2 aliphatic rings. The molecule has 0 radical (unpaired) electrons. The lowest BCUT2D eigenvalue weighted by Gasteiger charge is -2.33. The number of hydrogen-bond donors (Lipinski definition) is 1. The third kappa shape index (κ3) is 7.04. The summed E-state index contributed by atoms with van der Waals surface area (Å²) in [6.07, 6.45) is 8.60. The highest BCUT2D eigenvalue weighted by atomic mass is 32.2. The van der Waals surface area contributed by atoms with Crippen LogP contribution < -0.4 is 9.46 Å². The lowest BCUT2D eigenvalue weighted by molar-refractivity contribution is 0.0617. The molecule has 4 bridgehead atoms. The van der Waals surface area contributed by atoms with E-state index in [-0.39, 0.29) is 46.9 Å². The Kier molecular flexibility index (Phi) is 9.04. The van der Waals surface area contributed by atoms with Gasteiger partial charge in [0.05, 0.1) is 35.6 Å². The third-order valence-corrected chi connectivity index (χ3v) is 9.99.